The van der Waals surface area contributed by atoms with Crippen LogP contribution in [0.15, 0.2) is 24.3 Å². The topological polar surface area (TPSA) is 80.8 Å². The van der Waals surface area contributed by atoms with E-state index < -0.39 is 6.09 Å². The number of hydrogen-bond donors (Lipinski definition) is 1. The van der Waals surface area contributed by atoms with Crippen molar-refractivity contribution in [2.75, 3.05) is 25.6 Å². The number of aromatic nitrogens is 1. The van der Waals surface area contributed by atoms with Crippen LogP contribution in [0.1, 0.15) is 27.9 Å². The number of carbonyl (C=O) groups excluding carboxylic acids is 2. The van der Waals surface area contributed by atoms with E-state index in [-0.39, 0.29) is 5.91 Å². The molecule has 0 aliphatic carbocycles. The van der Waals surface area contributed by atoms with Gasteiger partial charge in [-0.25, -0.2) is 9.78 Å². The zero-order chi connectivity index (χ0) is 17.8. The van der Waals surface area contributed by atoms with Gasteiger partial charge in [0.05, 0.1) is 31.5 Å². The number of benzene rings is 1. The number of rotatable bonds is 4. The van der Waals surface area contributed by atoms with Crippen molar-refractivity contribution in [3.8, 4) is 5.75 Å². The molecule has 0 spiro atoms. The van der Waals surface area contributed by atoms with E-state index >= 15 is 0 Å². The van der Waals surface area contributed by atoms with Gasteiger partial charge >= 0.3 is 6.09 Å². The van der Waals surface area contributed by atoms with Gasteiger partial charge in [0.2, 0.25) is 0 Å². The van der Waals surface area contributed by atoms with Gasteiger partial charge in [0.15, 0.2) is 5.13 Å². The Bertz CT molecular complexity index is 790. The lowest BCUT2D eigenvalue weighted by Gasteiger charge is -2.26. The highest BCUT2D eigenvalue weighted by molar-refractivity contribution is 7.15. The molecule has 132 valence electrons. The van der Waals surface area contributed by atoms with Crippen LogP contribution in [0.5, 0.6) is 5.75 Å². The summed E-state index contributed by atoms with van der Waals surface area (Å²) in [5, 5.41) is 3.06. The largest absolute Gasteiger partial charge is 0.493 e. The average molecular weight is 361 g/mol. The first-order valence-electron chi connectivity index (χ1n) is 7.97. The highest BCUT2D eigenvalue weighted by Crippen LogP contribution is 2.30. The maximum Gasteiger partial charge on any atom is 0.413 e. The van der Waals surface area contributed by atoms with Crippen molar-refractivity contribution in [1.29, 1.82) is 0 Å². The predicted octanol–water partition coefficient (Wildman–Crippen LogP) is 2.92. The molecule has 0 saturated heterocycles. The third-order valence-electron chi connectivity index (χ3n) is 3.83. The van der Waals surface area contributed by atoms with Crippen molar-refractivity contribution < 1.29 is 19.1 Å². The number of fused-ring (bicyclic) bond motifs is 1. The SMILES string of the molecule is CCOc1ccccc1C(=O)N1CCc2nc(NC(=O)OC)sc2C1. The van der Waals surface area contributed by atoms with E-state index in [9.17, 15) is 9.59 Å². The molecule has 3 rings (SSSR count). The number of anilines is 1. The smallest absolute Gasteiger partial charge is 0.413 e. The number of methoxy groups -OCH3 is 1. The molecule has 0 fully saturated rings. The first-order valence-corrected chi connectivity index (χ1v) is 8.78. The summed E-state index contributed by atoms with van der Waals surface area (Å²) in [6.45, 7) is 3.44. The third kappa shape index (κ3) is 3.74. The molecule has 8 heteroatoms. The van der Waals surface area contributed by atoms with Crippen molar-refractivity contribution in [2.45, 2.75) is 19.9 Å². The molecule has 1 N–H and O–H groups in total. The molecule has 1 aliphatic rings. The van der Waals surface area contributed by atoms with Gasteiger partial charge in [-0.15, -0.1) is 0 Å². The van der Waals surface area contributed by atoms with Gasteiger partial charge < -0.3 is 14.4 Å². The van der Waals surface area contributed by atoms with E-state index in [4.69, 9.17) is 4.74 Å². The van der Waals surface area contributed by atoms with E-state index in [0.29, 0.717) is 42.6 Å². The molecule has 0 unspecified atom stereocenters. The lowest BCUT2D eigenvalue weighted by atomic mass is 10.1. The van der Waals surface area contributed by atoms with Crippen LogP contribution in [0.2, 0.25) is 0 Å². The molecule has 7 nitrogen and oxygen atoms in total. The number of carbonyl (C=O) groups is 2. The van der Waals surface area contributed by atoms with Crippen LogP contribution >= 0.6 is 11.3 Å². The normalized spacial score (nSPS) is 13.1. The van der Waals surface area contributed by atoms with E-state index in [1.807, 2.05) is 19.1 Å². The van der Waals surface area contributed by atoms with E-state index in [1.54, 1.807) is 17.0 Å². The van der Waals surface area contributed by atoms with Crippen LogP contribution < -0.4 is 10.1 Å². The van der Waals surface area contributed by atoms with Crippen LogP contribution in [0.25, 0.3) is 0 Å². The molecule has 0 bridgehead atoms. The van der Waals surface area contributed by atoms with Crippen molar-refractivity contribution in [3.05, 3.63) is 40.4 Å². The van der Waals surface area contributed by atoms with Gasteiger partial charge in [-0.05, 0) is 19.1 Å². The lowest BCUT2D eigenvalue weighted by molar-refractivity contribution is 0.0732. The average Bonchev–Trinajstić information content (AvgIpc) is 3.03. The minimum absolute atomic E-state index is 0.0643. The van der Waals surface area contributed by atoms with Crippen LogP contribution in [0, 0.1) is 0 Å². The van der Waals surface area contributed by atoms with E-state index in [2.05, 4.69) is 15.0 Å². The molecule has 1 aliphatic heterocycles. The zero-order valence-electron chi connectivity index (χ0n) is 14.1. The predicted molar refractivity (Wildman–Crippen MR) is 94.2 cm³/mol. The number of para-hydroxylation sites is 1. The molecular formula is C17H19N3O4S. The van der Waals surface area contributed by atoms with Crippen LogP contribution in [0.4, 0.5) is 9.93 Å². The van der Waals surface area contributed by atoms with E-state index in [0.717, 1.165) is 10.6 Å². The second-order valence-electron chi connectivity index (χ2n) is 5.41. The summed E-state index contributed by atoms with van der Waals surface area (Å²) in [6, 6.07) is 7.26. The van der Waals surface area contributed by atoms with Crippen molar-refractivity contribution in [3.63, 3.8) is 0 Å². The summed E-state index contributed by atoms with van der Waals surface area (Å²) in [5.41, 5.74) is 1.48. The van der Waals surface area contributed by atoms with Gasteiger partial charge in [0.25, 0.3) is 5.91 Å². The summed E-state index contributed by atoms with van der Waals surface area (Å²) in [6.07, 6.45) is 0.0988. The number of amides is 2. The lowest BCUT2D eigenvalue weighted by Crippen LogP contribution is -2.35. The highest BCUT2D eigenvalue weighted by Gasteiger charge is 2.26. The van der Waals surface area contributed by atoms with Crippen molar-refractivity contribution in [1.82, 2.24) is 9.88 Å². The Morgan fingerprint density at radius 1 is 1.36 bits per heavy atom. The second-order valence-corrected chi connectivity index (χ2v) is 6.49. The molecule has 1 aromatic carbocycles. The van der Waals surface area contributed by atoms with Crippen LogP contribution in [0.3, 0.4) is 0 Å². The Morgan fingerprint density at radius 3 is 2.92 bits per heavy atom. The molecule has 2 aromatic rings. The maximum atomic E-state index is 12.9. The van der Waals surface area contributed by atoms with Crippen molar-refractivity contribution in [2.24, 2.45) is 0 Å². The van der Waals surface area contributed by atoms with Gasteiger partial charge in [-0.2, -0.15) is 0 Å². The van der Waals surface area contributed by atoms with Crippen LogP contribution in [-0.4, -0.2) is 42.1 Å². The molecule has 2 amide bonds. The first kappa shape index (κ1) is 17.2. The summed E-state index contributed by atoms with van der Waals surface area (Å²) < 4.78 is 10.1. The minimum Gasteiger partial charge on any atom is -0.493 e. The standard InChI is InChI=1S/C17H19N3O4S/c1-3-24-13-7-5-4-6-11(13)15(21)20-9-8-12-14(10-20)25-16(18-12)19-17(22)23-2/h4-7H,3,8-10H2,1-2H3,(H,18,19,22). The molecular weight excluding hydrogens is 342 g/mol. The molecule has 0 radical (unpaired) electrons. The quantitative estimate of drug-likeness (QED) is 0.906. The first-order chi connectivity index (χ1) is 12.1. The Labute approximate surface area is 149 Å². The van der Waals surface area contributed by atoms with Gasteiger partial charge in [0.1, 0.15) is 5.75 Å². The van der Waals surface area contributed by atoms with E-state index in [1.165, 1.54) is 18.4 Å². The number of nitrogens with zero attached hydrogens (tertiary/aromatic N) is 2. The zero-order valence-corrected chi connectivity index (χ0v) is 14.9. The third-order valence-corrected chi connectivity index (χ3v) is 4.83. The fraction of sp³-hybridized carbons (Fsp3) is 0.353. The number of thiazole rings is 1. The van der Waals surface area contributed by atoms with Crippen molar-refractivity contribution >= 4 is 28.5 Å². The van der Waals surface area contributed by atoms with Gasteiger partial charge in [0, 0.05) is 17.8 Å². The Kier molecular flexibility index (Phi) is 5.18. The fourth-order valence-electron chi connectivity index (χ4n) is 2.66. The second kappa shape index (κ2) is 7.52. The summed E-state index contributed by atoms with van der Waals surface area (Å²) >= 11 is 1.36. The summed E-state index contributed by atoms with van der Waals surface area (Å²) in [4.78, 5) is 31.3. The highest BCUT2D eigenvalue weighted by atomic mass is 32.1. The fourth-order valence-corrected chi connectivity index (χ4v) is 3.67. The summed E-state index contributed by atoms with van der Waals surface area (Å²) in [5.74, 6) is 0.531. The Balaban J connectivity index is 1.76. The monoisotopic (exact) mass is 361 g/mol. The molecule has 25 heavy (non-hydrogen) atoms. The number of ether oxygens (including phenoxy) is 2. The molecule has 2 heterocycles. The van der Waals surface area contributed by atoms with Crippen LogP contribution in [-0.2, 0) is 17.7 Å². The molecule has 0 saturated carbocycles. The summed E-state index contributed by atoms with van der Waals surface area (Å²) in [7, 11) is 1.30. The Morgan fingerprint density at radius 2 is 2.16 bits per heavy atom. The maximum absolute atomic E-state index is 12.9. The van der Waals surface area contributed by atoms with Gasteiger partial charge in [-0.3, -0.25) is 10.1 Å². The molecule has 1 aromatic heterocycles. The van der Waals surface area contributed by atoms with Gasteiger partial charge in [-0.1, -0.05) is 23.5 Å². The molecule has 0 atom stereocenters. The number of nitrogens with one attached hydrogen (secondary N) is 1. The minimum atomic E-state index is -0.551. The number of hydrogen-bond acceptors (Lipinski definition) is 6. The Hall–Kier alpha value is -2.61.